The summed E-state index contributed by atoms with van der Waals surface area (Å²) in [5.74, 6) is 0. The largest absolute Gasteiger partial charge is 0.311 e. The minimum Gasteiger partial charge on any atom is -0.311 e. The van der Waals surface area contributed by atoms with Crippen LogP contribution in [0.4, 0.5) is 34.1 Å². The van der Waals surface area contributed by atoms with Gasteiger partial charge in [0.2, 0.25) is 0 Å². The molecule has 3 aliphatic carbocycles. The van der Waals surface area contributed by atoms with Crippen molar-refractivity contribution in [3.63, 3.8) is 0 Å². The third-order valence-corrected chi connectivity index (χ3v) is 22.7. The van der Waals surface area contributed by atoms with Crippen LogP contribution >= 0.6 is 11.3 Å². The highest BCUT2D eigenvalue weighted by Gasteiger charge is 2.53. The van der Waals surface area contributed by atoms with Gasteiger partial charge < -0.3 is 9.80 Å². The first-order chi connectivity index (χ1) is 34.2. The maximum atomic E-state index is 2.85. The summed E-state index contributed by atoms with van der Waals surface area (Å²) in [7, 11) is 9.77. The molecule has 8 heteroatoms. The number of thiophene rings is 1. The fraction of sp³-hybridized carbons (Fsp3) is 0.485. The molecule has 6 aromatic rings. The molecular formula is C66H83B5N2S. The molecule has 4 bridgehead atoms. The minimum atomic E-state index is -0.119. The Morgan fingerprint density at radius 3 is 1.68 bits per heavy atom. The summed E-state index contributed by atoms with van der Waals surface area (Å²) in [5, 5.41) is 0. The lowest BCUT2D eigenvalue weighted by atomic mass is 9.35. The first kappa shape index (κ1) is 50.5. The molecule has 5 aromatic carbocycles. The standard InChI is InChI=1S/C66H83B5N2S/c1-59(2,3)35-18-21-45-38(28-35)49-53(69)51(67)39(52(68)54(49)70)34-66(17)27-26-63(11,12)42-32-44-46(33-43(42)66)73(45)48-30-36(60(4,5)6)29-47-55(48)71(44)58-56(50-57(74-58)65(15,16)25-24-64(50,13)14)72(47)37-19-20-40-41(31-37)62(9,10)23-22-61(40,7)8/h18-21,28-33H,22-27,34,67-70H2,1-17H3. The fourth-order valence-electron chi connectivity index (χ4n) is 15.4. The van der Waals surface area contributed by atoms with E-state index in [0.717, 1.165) is 6.42 Å². The summed E-state index contributed by atoms with van der Waals surface area (Å²) < 4.78 is 1.54. The zero-order valence-electron chi connectivity index (χ0n) is 49.6. The SMILES string of the molecule is Bc1c(B)c2c(B)c(B)c1CC1(C)CCC(C)(C)c3cc4c(cc31)N(c1ccc(C(C)(C)C)cc1-2)c1cc(C(C)(C)C)cc2c1B4c1sc3c(c1N2c1ccc2c(c1)C(C)(C)CCC2(C)C)C(C)(C)CCC3(C)C. The van der Waals surface area contributed by atoms with Crippen molar-refractivity contribution in [3.8, 4) is 11.1 Å². The second-order valence-corrected chi connectivity index (χ2v) is 31.5. The van der Waals surface area contributed by atoms with Crippen molar-refractivity contribution in [2.24, 2.45) is 0 Å². The van der Waals surface area contributed by atoms with Gasteiger partial charge in [-0.25, -0.2) is 0 Å². The first-order valence-corrected chi connectivity index (χ1v) is 29.5. The van der Waals surface area contributed by atoms with E-state index < -0.39 is 0 Å². The summed E-state index contributed by atoms with van der Waals surface area (Å²) in [4.78, 5) is 7.28. The van der Waals surface area contributed by atoms with Crippen LogP contribution in [0.3, 0.4) is 0 Å². The number of nitrogens with zero attached hydrogens (tertiary/aromatic N) is 2. The van der Waals surface area contributed by atoms with Gasteiger partial charge in [0.05, 0.1) is 11.4 Å². The molecule has 7 aliphatic rings. The lowest BCUT2D eigenvalue weighted by Crippen LogP contribution is -2.61. The van der Waals surface area contributed by atoms with Crippen molar-refractivity contribution in [2.75, 3.05) is 9.80 Å². The van der Waals surface area contributed by atoms with Crippen molar-refractivity contribution in [2.45, 2.75) is 206 Å². The van der Waals surface area contributed by atoms with Crippen molar-refractivity contribution >= 4 is 121 Å². The molecule has 5 heterocycles. The second kappa shape index (κ2) is 15.5. The van der Waals surface area contributed by atoms with Crippen molar-refractivity contribution in [1.29, 1.82) is 0 Å². The fourth-order valence-corrected chi connectivity index (χ4v) is 17.2. The average Bonchev–Trinajstić information content (AvgIpc) is 3.74. The van der Waals surface area contributed by atoms with E-state index in [0.29, 0.717) is 0 Å². The van der Waals surface area contributed by atoms with E-state index in [2.05, 4.69) is 231 Å². The van der Waals surface area contributed by atoms with E-state index in [4.69, 9.17) is 0 Å². The Bertz CT molecular complexity index is 3430. The Kier molecular flexibility index (Phi) is 10.6. The number of anilines is 6. The molecule has 13 rings (SSSR count). The monoisotopic (exact) mass is 991 g/mol. The molecule has 4 aliphatic heterocycles. The Labute approximate surface area is 455 Å². The molecule has 0 N–H and O–H groups in total. The van der Waals surface area contributed by atoms with Gasteiger partial charge in [-0.3, -0.25) is 0 Å². The molecule has 378 valence electrons. The molecule has 74 heavy (non-hydrogen) atoms. The van der Waals surface area contributed by atoms with Gasteiger partial charge >= 0.3 is 0 Å². The van der Waals surface area contributed by atoms with Crippen LogP contribution < -0.4 is 47.4 Å². The van der Waals surface area contributed by atoms with Crippen molar-refractivity contribution in [3.05, 3.63) is 110 Å². The van der Waals surface area contributed by atoms with E-state index in [1.807, 2.05) is 0 Å². The number of benzene rings is 5. The third-order valence-electron chi connectivity index (χ3n) is 21.0. The predicted octanol–water partition coefficient (Wildman–Crippen LogP) is 9.71. The molecule has 2 nitrogen and oxygen atoms in total. The maximum absolute atomic E-state index is 2.85. The number of hydrogen-bond acceptors (Lipinski definition) is 3. The van der Waals surface area contributed by atoms with Crippen LogP contribution in [0, 0.1) is 0 Å². The van der Waals surface area contributed by atoms with Crippen LogP contribution in [0.1, 0.15) is 206 Å². The van der Waals surface area contributed by atoms with Gasteiger partial charge in [-0.2, -0.15) is 11.3 Å². The molecule has 0 amide bonds. The second-order valence-electron chi connectivity index (χ2n) is 30.5. The Balaban J connectivity index is 1.29. The van der Waals surface area contributed by atoms with Crippen LogP contribution in [-0.4, -0.2) is 38.1 Å². The van der Waals surface area contributed by atoms with E-state index in [9.17, 15) is 0 Å². The molecule has 1 unspecified atom stereocenters. The minimum absolute atomic E-state index is 0.00645. The maximum Gasteiger partial charge on any atom is 0.264 e. The molecule has 0 saturated heterocycles. The highest BCUT2D eigenvalue weighted by atomic mass is 32.1. The van der Waals surface area contributed by atoms with Gasteiger partial charge in [0, 0.05) is 38.0 Å². The average molecular weight is 991 g/mol. The quantitative estimate of drug-likeness (QED) is 0.151. The van der Waals surface area contributed by atoms with Crippen molar-refractivity contribution < 1.29 is 0 Å². The lowest BCUT2D eigenvalue weighted by Gasteiger charge is -2.49. The van der Waals surface area contributed by atoms with Crippen LogP contribution in [0.2, 0.25) is 0 Å². The summed E-state index contributed by atoms with van der Waals surface area (Å²) in [6, 6.07) is 26.3. The van der Waals surface area contributed by atoms with E-state index in [1.165, 1.54) is 139 Å². The van der Waals surface area contributed by atoms with Crippen LogP contribution in [0.15, 0.2) is 60.7 Å². The van der Waals surface area contributed by atoms with E-state index in [-0.39, 0.29) is 50.0 Å². The molecule has 0 spiro atoms. The summed E-state index contributed by atoms with van der Waals surface area (Å²) >= 11 is 2.18. The zero-order valence-corrected chi connectivity index (χ0v) is 50.4. The Morgan fingerprint density at radius 2 is 1.05 bits per heavy atom. The Morgan fingerprint density at radius 1 is 0.500 bits per heavy atom. The van der Waals surface area contributed by atoms with Gasteiger partial charge in [0.15, 0.2) is 0 Å². The van der Waals surface area contributed by atoms with Crippen LogP contribution in [-0.2, 0) is 49.7 Å². The smallest absolute Gasteiger partial charge is 0.264 e. The summed E-state index contributed by atoms with van der Waals surface area (Å²) in [5.41, 5.74) is 31.9. The Hall–Kier alpha value is -4.28. The van der Waals surface area contributed by atoms with E-state index in [1.54, 1.807) is 31.9 Å². The molecule has 0 saturated carbocycles. The number of rotatable bonds is 1. The lowest BCUT2D eigenvalue weighted by molar-refractivity contribution is 0.311. The topological polar surface area (TPSA) is 6.48 Å². The zero-order chi connectivity index (χ0) is 53.3. The number of hydrogen-bond donors (Lipinski definition) is 0. The van der Waals surface area contributed by atoms with Crippen molar-refractivity contribution in [1.82, 2.24) is 0 Å². The molecular weight excluding hydrogens is 907 g/mol. The third kappa shape index (κ3) is 6.99. The summed E-state index contributed by atoms with van der Waals surface area (Å²) in [6.45, 7) is 42.5. The summed E-state index contributed by atoms with van der Waals surface area (Å²) in [6.07, 6.45) is 8.17. The van der Waals surface area contributed by atoms with Crippen LogP contribution in [0.5, 0.6) is 0 Å². The van der Waals surface area contributed by atoms with Gasteiger partial charge in [-0.05, 0) is 186 Å². The normalized spacial score (nSPS) is 21.9. The predicted molar refractivity (Wildman–Crippen MR) is 338 cm³/mol. The molecule has 0 radical (unpaired) electrons. The molecule has 1 aromatic heterocycles. The van der Waals surface area contributed by atoms with E-state index >= 15 is 0 Å². The highest BCUT2D eigenvalue weighted by molar-refractivity contribution is 7.29. The molecule has 0 fully saturated rings. The first-order valence-electron chi connectivity index (χ1n) is 28.7. The van der Waals surface area contributed by atoms with Gasteiger partial charge in [0.25, 0.3) is 6.71 Å². The van der Waals surface area contributed by atoms with Gasteiger partial charge in [-0.15, -0.1) is 0 Å². The van der Waals surface area contributed by atoms with Gasteiger partial charge in [0.1, 0.15) is 31.4 Å². The molecule has 1 atom stereocenters. The highest BCUT2D eigenvalue weighted by Crippen LogP contribution is 2.59. The van der Waals surface area contributed by atoms with Crippen LogP contribution in [0.25, 0.3) is 11.1 Å². The van der Waals surface area contributed by atoms with Gasteiger partial charge in [-0.1, -0.05) is 163 Å². The number of fused-ring (bicyclic) bond motifs is 8.